The van der Waals surface area contributed by atoms with E-state index < -0.39 is 0 Å². The number of rotatable bonds is 1. The third kappa shape index (κ3) is 1.71. The van der Waals surface area contributed by atoms with Crippen LogP contribution in [0.2, 0.25) is 5.02 Å². The first-order valence-corrected chi connectivity index (χ1v) is 6.69. The van der Waals surface area contributed by atoms with E-state index in [4.69, 9.17) is 11.6 Å². The van der Waals surface area contributed by atoms with Crippen LogP contribution >= 0.6 is 23.4 Å². The minimum absolute atomic E-state index is 0.496. The fourth-order valence-corrected chi connectivity index (χ4v) is 3.44. The molecule has 0 N–H and O–H groups in total. The van der Waals surface area contributed by atoms with Gasteiger partial charge in [-0.1, -0.05) is 35.5 Å². The van der Waals surface area contributed by atoms with Crippen LogP contribution in [-0.4, -0.2) is 13.3 Å². The molecule has 0 bridgehead atoms. The van der Waals surface area contributed by atoms with Crippen molar-refractivity contribution in [2.24, 2.45) is 0 Å². The van der Waals surface area contributed by atoms with Crippen LogP contribution in [0, 0.1) is 0 Å². The predicted octanol–water partition coefficient (Wildman–Crippen LogP) is 4.39. The number of halogens is 1. The minimum atomic E-state index is 0.496. The van der Waals surface area contributed by atoms with Gasteiger partial charge in [-0.05, 0) is 24.3 Å². The van der Waals surface area contributed by atoms with Crippen molar-refractivity contribution < 1.29 is 4.79 Å². The summed E-state index contributed by atoms with van der Waals surface area (Å²) >= 11 is 7.75. The number of nitrogens with zero attached hydrogens (tertiary/aromatic N) is 1. The van der Waals surface area contributed by atoms with E-state index in [0.29, 0.717) is 10.6 Å². The first-order chi connectivity index (χ1) is 8.70. The molecule has 0 saturated carbocycles. The quantitative estimate of drug-likeness (QED) is 0.720. The summed E-state index contributed by atoms with van der Waals surface area (Å²) in [6, 6.07) is 11.9. The van der Waals surface area contributed by atoms with Crippen molar-refractivity contribution in [3.63, 3.8) is 0 Å². The van der Waals surface area contributed by atoms with Crippen molar-refractivity contribution in [2.75, 3.05) is 11.9 Å². The molecule has 90 valence electrons. The van der Waals surface area contributed by atoms with Gasteiger partial charge >= 0.3 is 0 Å². The zero-order valence-electron chi connectivity index (χ0n) is 9.68. The number of anilines is 2. The highest BCUT2D eigenvalue weighted by atomic mass is 35.5. The lowest BCUT2D eigenvalue weighted by Gasteiger charge is -2.29. The Bertz CT molecular complexity index is 642. The molecular formula is C14H10ClNOS. The van der Waals surface area contributed by atoms with E-state index in [0.717, 1.165) is 22.6 Å². The van der Waals surface area contributed by atoms with Gasteiger partial charge in [0.2, 0.25) is 0 Å². The van der Waals surface area contributed by atoms with Gasteiger partial charge in [-0.15, -0.1) is 0 Å². The van der Waals surface area contributed by atoms with E-state index in [1.807, 2.05) is 31.3 Å². The van der Waals surface area contributed by atoms with Crippen LogP contribution in [-0.2, 0) is 0 Å². The van der Waals surface area contributed by atoms with Crippen molar-refractivity contribution >= 4 is 41.0 Å². The third-order valence-electron chi connectivity index (χ3n) is 3.01. The lowest BCUT2D eigenvalue weighted by Crippen LogP contribution is -2.14. The molecule has 4 heteroatoms. The van der Waals surface area contributed by atoms with E-state index in [-0.39, 0.29) is 0 Å². The highest BCUT2D eigenvalue weighted by molar-refractivity contribution is 7.99. The van der Waals surface area contributed by atoms with Gasteiger partial charge in [0, 0.05) is 22.4 Å². The molecule has 0 radical (unpaired) electrons. The molecule has 0 unspecified atom stereocenters. The van der Waals surface area contributed by atoms with Crippen LogP contribution in [0.4, 0.5) is 11.4 Å². The number of benzene rings is 2. The normalized spacial score (nSPS) is 12.9. The lowest BCUT2D eigenvalue weighted by atomic mass is 10.2. The van der Waals surface area contributed by atoms with Gasteiger partial charge in [0.05, 0.1) is 16.4 Å². The number of aldehydes is 1. The Balaban J connectivity index is 2.19. The Morgan fingerprint density at radius 3 is 2.72 bits per heavy atom. The number of hydrogen-bond acceptors (Lipinski definition) is 3. The molecule has 1 heterocycles. The molecule has 0 saturated heterocycles. The average Bonchev–Trinajstić information content (AvgIpc) is 2.39. The summed E-state index contributed by atoms with van der Waals surface area (Å²) in [5, 5.41) is 0.496. The molecule has 0 aliphatic carbocycles. The first kappa shape index (κ1) is 11.6. The van der Waals surface area contributed by atoms with Crippen LogP contribution in [0.3, 0.4) is 0 Å². The first-order valence-electron chi connectivity index (χ1n) is 5.50. The van der Waals surface area contributed by atoms with Crippen LogP contribution < -0.4 is 4.90 Å². The maximum Gasteiger partial charge on any atom is 0.151 e. The van der Waals surface area contributed by atoms with Crippen LogP contribution in [0.15, 0.2) is 46.2 Å². The molecular weight excluding hydrogens is 266 g/mol. The number of hydrogen-bond donors (Lipinski definition) is 0. The maximum atomic E-state index is 10.9. The van der Waals surface area contributed by atoms with Gasteiger partial charge in [-0.25, -0.2) is 0 Å². The van der Waals surface area contributed by atoms with Gasteiger partial charge in [0.1, 0.15) is 0 Å². The fourth-order valence-electron chi connectivity index (χ4n) is 2.06. The average molecular weight is 276 g/mol. The molecule has 3 rings (SSSR count). The standard InChI is InChI=1S/C14H10ClNOS/c1-16-11-4-2-3-5-13(11)18-14-6-9(8-17)10(15)7-12(14)16/h2-8H,1H3. The molecule has 18 heavy (non-hydrogen) atoms. The van der Waals surface area contributed by atoms with Gasteiger partial charge in [-0.3, -0.25) is 4.79 Å². The number of fused-ring (bicyclic) bond motifs is 2. The molecule has 0 aromatic heterocycles. The van der Waals surface area contributed by atoms with Crippen molar-refractivity contribution in [1.82, 2.24) is 0 Å². The second kappa shape index (κ2) is 4.34. The summed E-state index contributed by atoms with van der Waals surface area (Å²) in [5.74, 6) is 0. The Morgan fingerprint density at radius 1 is 1.17 bits per heavy atom. The van der Waals surface area contributed by atoms with E-state index >= 15 is 0 Å². The highest BCUT2D eigenvalue weighted by Gasteiger charge is 2.21. The Kier molecular flexibility index (Phi) is 2.80. The van der Waals surface area contributed by atoms with E-state index in [1.54, 1.807) is 11.8 Å². The fraction of sp³-hybridized carbons (Fsp3) is 0.0714. The topological polar surface area (TPSA) is 20.3 Å². The zero-order chi connectivity index (χ0) is 12.7. The van der Waals surface area contributed by atoms with Gasteiger partial charge in [-0.2, -0.15) is 0 Å². The Hall–Kier alpha value is -1.45. The maximum absolute atomic E-state index is 10.9. The van der Waals surface area contributed by atoms with Crippen molar-refractivity contribution in [3.8, 4) is 0 Å². The largest absolute Gasteiger partial charge is 0.343 e. The zero-order valence-corrected chi connectivity index (χ0v) is 11.3. The smallest absolute Gasteiger partial charge is 0.151 e. The number of carbonyl (C=O) groups is 1. The monoisotopic (exact) mass is 275 g/mol. The lowest BCUT2D eigenvalue weighted by molar-refractivity contribution is 0.112. The molecule has 0 fully saturated rings. The van der Waals surface area contributed by atoms with Crippen molar-refractivity contribution in [2.45, 2.75) is 9.79 Å². The second-order valence-corrected chi connectivity index (χ2v) is 5.58. The van der Waals surface area contributed by atoms with E-state index in [2.05, 4.69) is 17.0 Å². The predicted molar refractivity (Wildman–Crippen MR) is 75.5 cm³/mol. The van der Waals surface area contributed by atoms with Gasteiger partial charge in [0.15, 0.2) is 6.29 Å². The number of para-hydroxylation sites is 1. The van der Waals surface area contributed by atoms with Crippen LogP contribution in [0.25, 0.3) is 0 Å². The Labute approximate surface area is 115 Å². The summed E-state index contributed by atoms with van der Waals surface area (Å²) in [6.45, 7) is 0. The molecule has 2 aromatic rings. The summed E-state index contributed by atoms with van der Waals surface area (Å²) < 4.78 is 0. The summed E-state index contributed by atoms with van der Waals surface area (Å²) in [6.07, 6.45) is 0.795. The Morgan fingerprint density at radius 2 is 1.94 bits per heavy atom. The SMILES string of the molecule is CN1c2ccccc2Sc2cc(C=O)c(Cl)cc21. The molecule has 0 atom stereocenters. The second-order valence-electron chi connectivity index (χ2n) is 4.09. The van der Waals surface area contributed by atoms with Crippen molar-refractivity contribution in [1.29, 1.82) is 0 Å². The number of carbonyl (C=O) groups excluding carboxylic acids is 1. The van der Waals surface area contributed by atoms with Crippen molar-refractivity contribution in [3.05, 3.63) is 47.0 Å². The molecule has 2 nitrogen and oxygen atoms in total. The van der Waals surface area contributed by atoms with Crippen LogP contribution in [0.1, 0.15) is 10.4 Å². The molecule has 0 amide bonds. The van der Waals surface area contributed by atoms with E-state index in [9.17, 15) is 4.79 Å². The highest BCUT2D eigenvalue weighted by Crippen LogP contribution is 2.48. The molecule has 1 aliphatic rings. The van der Waals surface area contributed by atoms with E-state index in [1.165, 1.54) is 4.90 Å². The molecule has 2 aromatic carbocycles. The minimum Gasteiger partial charge on any atom is -0.343 e. The van der Waals surface area contributed by atoms with Gasteiger partial charge in [0.25, 0.3) is 0 Å². The summed E-state index contributed by atoms with van der Waals surface area (Å²) in [5.41, 5.74) is 2.73. The van der Waals surface area contributed by atoms with Gasteiger partial charge < -0.3 is 4.90 Å². The van der Waals surface area contributed by atoms with Crippen LogP contribution in [0.5, 0.6) is 0 Å². The third-order valence-corrected chi connectivity index (χ3v) is 4.45. The molecule has 1 aliphatic heterocycles. The summed E-state index contributed by atoms with van der Waals surface area (Å²) in [7, 11) is 2.01. The summed E-state index contributed by atoms with van der Waals surface area (Å²) in [4.78, 5) is 15.3. The molecule has 0 spiro atoms.